The fourth-order valence-electron chi connectivity index (χ4n) is 2.37. The van der Waals surface area contributed by atoms with Crippen LogP contribution >= 0.6 is 0 Å². The summed E-state index contributed by atoms with van der Waals surface area (Å²) in [6.07, 6.45) is -1.10. The minimum absolute atomic E-state index is 0.104. The van der Waals surface area contributed by atoms with Crippen LogP contribution in [0.15, 0.2) is 42.5 Å². The van der Waals surface area contributed by atoms with Gasteiger partial charge in [0.2, 0.25) is 5.91 Å². The lowest BCUT2D eigenvalue weighted by Crippen LogP contribution is -2.43. The van der Waals surface area contributed by atoms with Gasteiger partial charge in [-0.3, -0.25) is 19.7 Å². The Kier molecular flexibility index (Phi) is 6.26. The van der Waals surface area contributed by atoms with Crippen molar-refractivity contribution in [3.05, 3.63) is 48.0 Å². The predicted molar refractivity (Wildman–Crippen MR) is 93.9 cm³/mol. The first-order valence-electron chi connectivity index (χ1n) is 7.90. The lowest BCUT2D eigenvalue weighted by Gasteiger charge is -2.12. The summed E-state index contributed by atoms with van der Waals surface area (Å²) >= 11 is 0. The molecule has 2 rings (SSSR count). The third-order valence-corrected chi connectivity index (χ3v) is 3.58. The maximum absolute atomic E-state index is 12.1. The molecule has 0 fully saturated rings. The number of benzene rings is 2. The maximum atomic E-state index is 12.1. The summed E-state index contributed by atoms with van der Waals surface area (Å²) in [7, 11) is 0. The fraction of sp³-hybridized carbons (Fsp3) is 0.222. The van der Waals surface area contributed by atoms with Gasteiger partial charge in [-0.05, 0) is 23.3 Å². The highest BCUT2D eigenvalue weighted by Gasteiger charge is 2.19. The molecular weight excluding hydrogens is 338 g/mol. The molecule has 0 aromatic heterocycles. The molecular formula is C18H19N3O5. The maximum Gasteiger partial charge on any atom is 0.326 e. The summed E-state index contributed by atoms with van der Waals surface area (Å²) in [4.78, 5) is 45.7. The van der Waals surface area contributed by atoms with Crippen LogP contribution in [-0.4, -0.2) is 36.5 Å². The zero-order chi connectivity index (χ0) is 19.1. The highest BCUT2D eigenvalue weighted by Crippen LogP contribution is 2.18. The van der Waals surface area contributed by atoms with Crippen molar-refractivity contribution in [3.63, 3.8) is 0 Å². The second-order valence-electron chi connectivity index (χ2n) is 5.58. The molecule has 0 saturated heterocycles. The molecule has 1 atom stereocenters. The molecule has 8 nitrogen and oxygen atoms in total. The zero-order valence-electron chi connectivity index (χ0n) is 14.2. The van der Waals surface area contributed by atoms with Crippen LogP contribution in [0.2, 0.25) is 0 Å². The van der Waals surface area contributed by atoms with Gasteiger partial charge in [-0.15, -0.1) is 0 Å². The molecule has 0 spiro atoms. The van der Waals surface area contributed by atoms with Crippen molar-refractivity contribution in [1.82, 2.24) is 10.6 Å². The van der Waals surface area contributed by atoms with E-state index in [9.17, 15) is 19.2 Å². The number of nitrogens with one attached hydrogen (secondary N) is 2. The smallest absolute Gasteiger partial charge is 0.326 e. The molecule has 2 aromatic rings. The topological polar surface area (TPSA) is 128 Å². The van der Waals surface area contributed by atoms with Gasteiger partial charge in [-0.25, -0.2) is 4.79 Å². The summed E-state index contributed by atoms with van der Waals surface area (Å²) in [6.45, 7) is 0.895. The molecule has 8 heteroatoms. The van der Waals surface area contributed by atoms with E-state index in [2.05, 4.69) is 5.32 Å². The van der Waals surface area contributed by atoms with E-state index in [1.54, 1.807) is 5.32 Å². The van der Waals surface area contributed by atoms with Crippen molar-refractivity contribution in [2.75, 3.05) is 6.54 Å². The third-order valence-electron chi connectivity index (χ3n) is 3.58. The summed E-state index contributed by atoms with van der Waals surface area (Å²) in [5, 5.41) is 6.22. The number of hydrogen-bond acceptors (Lipinski definition) is 5. The summed E-state index contributed by atoms with van der Waals surface area (Å²) in [6, 6.07) is 12.3. The number of amides is 4. The van der Waals surface area contributed by atoms with Crippen molar-refractivity contribution in [1.29, 1.82) is 0 Å². The Morgan fingerprint density at radius 3 is 2.50 bits per heavy atom. The van der Waals surface area contributed by atoms with Crippen LogP contribution < -0.4 is 16.4 Å². The Labute approximate surface area is 149 Å². The predicted octanol–water partition coefficient (Wildman–Crippen LogP) is 0.625. The van der Waals surface area contributed by atoms with Crippen LogP contribution in [0.5, 0.6) is 0 Å². The summed E-state index contributed by atoms with van der Waals surface area (Å²) in [5.74, 6) is -2.00. The molecule has 0 heterocycles. The highest BCUT2D eigenvalue weighted by atomic mass is 16.5. The fourth-order valence-corrected chi connectivity index (χ4v) is 2.37. The van der Waals surface area contributed by atoms with Gasteiger partial charge in [0.1, 0.15) is 6.54 Å². The van der Waals surface area contributed by atoms with Gasteiger partial charge in [-0.2, -0.15) is 0 Å². The minimum atomic E-state index is -1.20. The average Bonchev–Trinajstić information content (AvgIpc) is 2.59. The van der Waals surface area contributed by atoms with E-state index in [4.69, 9.17) is 10.5 Å². The molecule has 0 unspecified atom stereocenters. The van der Waals surface area contributed by atoms with Crippen LogP contribution in [0.3, 0.4) is 0 Å². The molecule has 136 valence electrons. The molecule has 0 aliphatic carbocycles. The molecule has 2 aromatic carbocycles. The van der Waals surface area contributed by atoms with Gasteiger partial charge in [0.25, 0.3) is 5.91 Å². The number of esters is 1. The minimum Gasteiger partial charge on any atom is -0.451 e. The van der Waals surface area contributed by atoms with E-state index in [1.165, 1.54) is 6.92 Å². The normalized spacial score (nSPS) is 11.4. The van der Waals surface area contributed by atoms with Crippen molar-refractivity contribution < 1.29 is 23.9 Å². The number of fused-ring (bicyclic) bond motifs is 1. The molecule has 4 N–H and O–H groups in total. The number of ether oxygens (including phenoxy) is 1. The number of carbonyl (C=O) groups is 4. The van der Waals surface area contributed by atoms with Gasteiger partial charge in [-0.1, -0.05) is 42.5 Å². The standard InChI is InChI=1S/C18H19N3O5/c1-11(17(24)21-18(19)25)26-16(23)10-20-15(22)9-13-7-4-6-12-5-2-3-8-14(12)13/h2-8,11H,9-10H2,1H3,(H,20,22)(H3,19,21,24,25)/t11-/m1/s1. The Balaban J connectivity index is 1.85. The van der Waals surface area contributed by atoms with Gasteiger partial charge < -0.3 is 15.8 Å². The Morgan fingerprint density at radius 1 is 1.08 bits per heavy atom. The summed E-state index contributed by atoms with van der Waals surface area (Å²) < 4.78 is 4.81. The Bertz CT molecular complexity index is 844. The van der Waals surface area contributed by atoms with E-state index in [-0.39, 0.29) is 12.3 Å². The number of nitrogens with two attached hydrogens (primary N) is 1. The number of rotatable bonds is 6. The lowest BCUT2D eigenvalue weighted by atomic mass is 10.0. The van der Waals surface area contributed by atoms with Crippen molar-refractivity contribution >= 4 is 34.6 Å². The number of imide groups is 1. The zero-order valence-corrected chi connectivity index (χ0v) is 14.2. The third kappa shape index (κ3) is 5.30. The van der Waals surface area contributed by atoms with Crippen LogP contribution in [0.4, 0.5) is 4.79 Å². The SMILES string of the molecule is C[C@@H](OC(=O)CNC(=O)Cc1cccc2ccccc12)C(=O)NC(N)=O. The molecule has 0 saturated carbocycles. The Morgan fingerprint density at radius 2 is 1.77 bits per heavy atom. The van der Waals surface area contributed by atoms with E-state index in [1.807, 2.05) is 42.5 Å². The van der Waals surface area contributed by atoms with Crippen LogP contribution in [0.1, 0.15) is 12.5 Å². The highest BCUT2D eigenvalue weighted by molar-refractivity contribution is 5.96. The molecule has 0 aliphatic rings. The number of urea groups is 1. The second-order valence-corrected chi connectivity index (χ2v) is 5.58. The first-order chi connectivity index (χ1) is 12.4. The molecule has 0 radical (unpaired) electrons. The lowest BCUT2D eigenvalue weighted by molar-refractivity contribution is -0.154. The van der Waals surface area contributed by atoms with Crippen molar-refractivity contribution in [2.24, 2.45) is 5.73 Å². The van der Waals surface area contributed by atoms with Crippen LogP contribution in [0.25, 0.3) is 10.8 Å². The first kappa shape index (κ1) is 18.9. The molecule has 26 heavy (non-hydrogen) atoms. The van der Waals surface area contributed by atoms with Crippen LogP contribution in [-0.2, 0) is 25.5 Å². The van der Waals surface area contributed by atoms with E-state index >= 15 is 0 Å². The van der Waals surface area contributed by atoms with Crippen molar-refractivity contribution in [2.45, 2.75) is 19.4 Å². The van der Waals surface area contributed by atoms with Gasteiger partial charge in [0, 0.05) is 0 Å². The molecule has 0 aliphatic heterocycles. The summed E-state index contributed by atoms with van der Waals surface area (Å²) in [5.41, 5.74) is 5.64. The first-order valence-corrected chi connectivity index (χ1v) is 7.90. The second kappa shape index (κ2) is 8.61. The Hall–Kier alpha value is -3.42. The van der Waals surface area contributed by atoms with Gasteiger partial charge in [0.05, 0.1) is 6.42 Å². The van der Waals surface area contributed by atoms with Gasteiger partial charge >= 0.3 is 12.0 Å². The monoisotopic (exact) mass is 357 g/mol. The van der Waals surface area contributed by atoms with Gasteiger partial charge in [0.15, 0.2) is 6.10 Å². The largest absolute Gasteiger partial charge is 0.451 e. The average molecular weight is 357 g/mol. The van der Waals surface area contributed by atoms with E-state index in [0.29, 0.717) is 0 Å². The molecule has 4 amide bonds. The molecule has 0 bridgehead atoms. The number of carbonyl (C=O) groups excluding carboxylic acids is 4. The number of primary amides is 1. The van der Waals surface area contributed by atoms with E-state index in [0.717, 1.165) is 16.3 Å². The van der Waals surface area contributed by atoms with E-state index < -0.39 is 30.6 Å². The number of hydrogen-bond donors (Lipinski definition) is 3. The van der Waals surface area contributed by atoms with Crippen LogP contribution in [0, 0.1) is 0 Å². The quantitative estimate of drug-likeness (QED) is 0.653. The van der Waals surface area contributed by atoms with Crippen molar-refractivity contribution in [3.8, 4) is 0 Å².